The molecule has 1 heterocycles. The average molecular weight is 573 g/mol. The van der Waals surface area contributed by atoms with Crippen LogP contribution in [0.2, 0.25) is 0 Å². The van der Waals surface area contributed by atoms with Gasteiger partial charge in [0.15, 0.2) is 0 Å². The van der Waals surface area contributed by atoms with Crippen molar-refractivity contribution >= 4 is 34.3 Å². The number of benzene rings is 2. The molecule has 0 unspecified atom stereocenters. The molecule has 2 saturated carbocycles. The number of hydrogen-bond donors (Lipinski definition) is 3. The molecule has 0 amide bonds. The summed E-state index contributed by atoms with van der Waals surface area (Å²) in [5, 5.41) is 12.9. The van der Waals surface area contributed by atoms with Gasteiger partial charge in [-0.05, 0) is 81.2 Å². The van der Waals surface area contributed by atoms with Crippen LogP contribution in [0.3, 0.4) is 0 Å². The summed E-state index contributed by atoms with van der Waals surface area (Å²) >= 11 is 0. The normalized spacial score (nSPS) is 16.6. The summed E-state index contributed by atoms with van der Waals surface area (Å²) in [5.41, 5.74) is 3.82. The Labute approximate surface area is 234 Å². The fraction of sp³-hybridized carbons (Fsp3) is 0.393. The Hall–Kier alpha value is -3.21. The van der Waals surface area contributed by atoms with Crippen LogP contribution < -0.4 is 14.8 Å². The van der Waals surface area contributed by atoms with Crippen molar-refractivity contribution < 1.29 is 23.1 Å². The zero-order valence-corrected chi connectivity index (χ0v) is 23.7. The molecule has 2 aliphatic carbocycles. The van der Waals surface area contributed by atoms with Gasteiger partial charge in [-0.15, -0.1) is 12.4 Å². The summed E-state index contributed by atoms with van der Waals surface area (Å²) in [6.07, 6.45) is 5.13. The van der Waals surface area contributed by atoms with E-state index in [2.05, 4.69) is 26.9 Å². The van der Waals surface area contributed by atoms with E-state index in [0.717, 1.165) is 22.8 Å². The van der Waals surface area contributed by atoms with Crippen molar-refractivity contribution in [2.75, 3.05) is 11.3 Å². The number of hydrogen-bond acceptors (Lipinski definition) is 7. The van der Waals surface area contributed by atoms with Gasteiger partial charge in [-0.3, -0.25) is 0 Å². The molecule has 39 heavy (non-hydrogen) atoms. The number of nitrogens with zero attached hydrogens (tertiary/aromatic N) is 2. The van der Waals surface area contributed by atoms with Crippen LogP contribution in [0.4, 0.5) is 5.95 Å². The average Bonchev–Trinajstić information content (AvgIpc) is 3.63. The monoisotopic (exact) mass is 572 g/mol. The van der Waals surface area contributed by atoms with E-state index >= 15 is 0 Å². The highest BCUT2D eigenvalue weighted by Gasteiger charge is 2.52. The molecule has 0 saturated heterocycles. The topological polar surface area (TPSA) is 131 Å². The van der Waals surface area contributed by atoms with Crippen LogP contribution in [-0.4, -0.2) is 48.2 Å². The molecule has 11 heteroatoms. The van der Waals surface area contributed by atoms with Gasteiger partial charge in [0.1, 0.15) is 6.61 Å². The Balaban J connectivity index is 0.00000353. The molecule has 2 aromatic carbocycles. The smallest absolute Gasteiger partial charge is 0.335 e. The fourth-order valence-electron chi connectivity index (χ4n) is 5.22. The number of sulfonamides is 1. The van der Waals surface area contributed by atoms with Crippen molar-refractivity contribution in [1.29, 1.82) is 0 Å². The third kappa shape index (κ3) is 6.51. The van der Waals surface area contributed by atoms with Gasteiger partial charge in [0.25, 0.3) is 10.0 Å². The largest absolute Gasteiger partial charge is 0.478 e. The van der Waals surface area contributed by atoms with Crippen molar-refractivity contribution in [2.24, 2.45) is 5.41 Å². The number of anilines is 1. The summed E-state index contributed by atoms with van der Waals surface area (Å²) in [6, 6.07) is 13.3. The van der Waals surface area contributed by atoms with E-state index < -0.39 is 16.0 Å². The maximum Gasteiger partial charge on any atom is 0.335 e. The molecule has 2 aliphatic rings. The lowest BCUT2D eigenvalue weighted by atomic mass is 9.77. The number of carboxylic acids is 1. The first-order valence-electron chi connectivity index (χ1n) is 12.7. The number of aryl methyl sites for hydroxylation is 2. The number of carbonyl (C=O) groups is 1. The van der Waals surface area contributed by atoms with E-state index in [1.165, 1.54) is 43.9 Å². The highest BCUT2D eigenvalue weighted by molar-refractivity contribution is 7.92. The van der Waals surface area contributed by atoms with Crippen LogP contribution in [0.1, 0.15) is 54.1 Å². The van der Waals surface area contributed by atoms with Gasteiger partial charge < -0.3 is 15.2 Å². The van der Waals surface area contributed by atoms with E-state index in [1.54, 1.807) is 6.07 Å². The molecule has 1 spiro atoms. The van der Waals surface area contributed by atoms with Crippen molar-refractivity contribution in [2.45, 2.75) is 63.4 Å². The predicted octanol–water partition coefficient (Wildman–Crippen LogP) is 4.98. The third-order valence-corrected chi connectivity index (χ3v) is 8.70. The standard InChI is InChI=1S/C28H32N4O5S.ClH/c1-17-6-4-7-18(2)25(17)23-13-24(37-16-19(3)29-21-14-28(15-21)10-11-28)31-27(30-23)32-38(35,36)22-9-5-8-20(12-22)26(33)34;/h4-9,12-13,19,21,29H,10-11,14-16H2,1-3H3,(H,33,34)(H,30,31,32);1H/t19-;/m1./s1. The minimum absolute atomic E-state index is 0. The Morgan fingerprint density at radius 2 is 1.77 bits per heavy atom. The third-order valence-electron chi connectivity index (χ3n) is 7.37. The number of ether oxygens (including phenoxy) is 1. The van der Waals surface area contributed by atoms with E-state index in [0.29, 0.717) is 23.8 Å². The van der Waals surface area contributed by atoms with Gasteiger partial charge in [-0.25, -0.2) is 22.9 Å². The second-order valence-corrected chi connectivity index (χ2v) is 12.3. The summed E-state index contributed by atoms with van der Waals surface area (Å²) < 4.78 is 34.7. The molecule has 2 fully saturated rings. The highest BCUT2D eigenvalue weighted by Crippen LogP contribution is 2.60. The quantitative estimate of drug-likeness (QED) is 0.310. The van der Waals surface area contributed by atoms with Gasteiger partial charge in [0, 0.05) is 23.7 Å². The van der Waals surface area contributed by atoms with Crippen LogP contribution in [0, 0.1) is 19.3 Å². The van der Waals surface area contributed by atoms with Gasteiger partial charge in [0.05, 0.1) is 16.2 Å². The van der Waals surface area contributed by atoms with E-state index in [-0.39, 0.29) is 40.7 Å². The van der Waals surface area contributed by atoms with Crippen molar-refractivity contribution in [3.63, 3.8) is 0 Å². The van der Waals surface area contributed by atoms with Gasteiger partial charge in [-0.1, -0.05) is 24.3 Å². The maximum atomic E-state index is 13.1. The summed E-state index contributed by atoms with van der Waals surface area (Å²) in [6.45, 7) is 6.34. The summed E-state index contributed by atoms with van der Waals surface area (Å²) in [7, 11) is -4.16. The van der Waals surface area contributed by atoms with Crippen LogP contribution >= 0.6 is 12.4 Å². The zero-order valence-electron chi connectivity index (χ0n) is 22.1. The first-order valence-corrected chi connectivity index (χ1v) is 14.2. The first-order chi connectivity index (χ1) is 18.0. The van der Waals surface area contributed by atoms with Crippen LogP contribution in [0.25, 0.3) is 11.3 Å². The molecule has 9 nitrogen and oxygen atoms in total. The molecule has 3 aromatic rings. The molecule has 5 rings (SSSR count). The minimum Gasteiger partial charge on any atom is -0.478 e. The lowest BCUT2D eigenvalue weighted by Gasteiger charge is -2.38. The molecule has 3 N–H and O–H groups in total. The van der Waals surface area contributed by atoms with E-state index in [9.17, 15) is 18.3 Å². The van der Waals surface area contributed by atoms with E-state index in [4.69, 9.17) is 4.74 Å². The summed E-state index contributed by atoms with van der Waals surface area (Å²) in [4.78, 5) is 20.0. The van der Waals surface area contributed by atoms with Crippen molar-refractivity contribution in [3.8, 4) is 17.1 Å². The molecule has 0 bridgehead atoms. The highest BCUT2D eigenvalue weighted by atomic mass is 35.5. The van der Waals surface area contributed by atoms with Gasteiger partial charge in [-0.2, -0.15) is 4.98 Å². The SMILES string of the molecule is Cc1cccc(C)c1-c1cc(OC[C@@H](C)NC2CC3(CC3)C2)nc(NS(=O)(=O)c2cccc(C(=O)O)c2)n1.Cl. The second-order valence-electron chi connectivity index (χ2n) is 10.6. The van der Waals surface area contributed by atoms with Crippen molar-refractivity contribution in [3.05, 3.63) is 65.2 Å². The lowest BCUT2D eigenvalue weighted by molar-refractivity contribution is 0.0696. The number of rotatable bonds is 10. The predicted molar refractivity (Wildman–Crippen MR) is 151 cm³/mol. The number of aromatic nitrogens is 2. The molecule has 0 radical (unpaired) electrons. The fourth-order valence-corrected chi connectivity index (χ4v) is 6.21. The van der Waals surface area contributed by atoms with Crippen molar-refractivity contribution in [1.82, 2.24) is 15.3 Å². The number of aromatic carboxylic acids is 1. The van der Waals surface area contributed by atoms with Gasteiger partial charge in [0.2, 0.25) is 11.8 Å². The number of nitrogens with one attached hydrogen (secondary N) is 2. The lowest BCUT2D eigenvalue weighted by Crippen LogP contribution is -2.48. The Kier molecular flexibility index (Phi) is 8.20. The molecule has 1 aromatic heterocycles. The van der Waals surface area contributed by atoms with Crippen LogP contribution in [0.5, 0.6) is 5.88 Å². The maximum absolute atomic E-state index is 13.1. The second kappa shape index (κ2) is 11.1. The minimum atomic E-state index is -4.16. The Morgan fingerprint density at radius 3 is 2.41 bits per heavy atom. The first kappa shape index (κ1) is 28.8. The summed E-state index contributed by atoms with van der Waals surface area (Å²) in [5.74, 6) is -1.13. The van der Waals surface area contributed by atoms with E-state index in [1.807, 2.05) is 32.0 Å². The molecule has 0 aliphatic heterocycles. The Morgan fingerprint density at radius 1 is 1.10 bits per heavy atom. The Bertz CT molecular complexity index is 1460. The van der Waals surface area contributed by atoms with Crippen LogP contribution in [0.15, 0.2) is 53.4 Å². The van der Waals surface area contributed by atoms with Gasteiger partial charge >= 0.3 is 5.97 Å². The zero-order chi connectivity index (χ0) is 27.1. The molecular weight excluding hydrogens is 540 g/mol. The number of carboxylic acid groups (broad SMARTS) is 1. The molecule has 1 atom stereocenters. The van der Waals surface area contributed by atoms with Crippen LogP contribution in [-0.2, 0) is 10.0 Å². The number of halogens is 1. The molecular formula is C28H33ClN4O5S. The molecule has 208 valence electrons.